The second-order valence-electron chi connectivity index (χ2n) is 8.91. The molecule has 0 radical (unpaired) electrons. The SMILES string of the molecule is CCCc1c(C(=O)N2CCc3ccccc3C2CC)c(-c2ccccc2)nn1-c1ccccc1. The van der Waals surface area contributed by atoms with Gasteiger partial charge in [-0.3, -0.25) is 4.79 Å². The van der Waals surface area contributed by atoms with E-state index in [0.717, 1.165) is 60.4 Å². The molecule has 172 valence electrons. The lowest BCUT2D eigenvalue weighted by atomic mass is 9.90. The number of aromatic nitrogens is 2. The van der Waals surface area contributed by atoms with Gasteiger partial charge < -0.3 is 4.90 Å². The third-order valence-electron chi connectivity index (χ3n) is 6.79. The van der Waals surface area contributed by atoms with Crippen LogP contribution in [-0.2, 0) is 12.8 Å². The van der Waals surface area contributed by atoms with E-state index in [1.807, 2.05) is 53.2 Å². The summed E-state index contributed by atoms with van der Waals surface area (Å²) >= 11 is 0. The van der Waals surface area contributed by atoms with Crippen molar-refractivity contribution < 1.29 is 4.79 Å². The molecule has 2 heterocycles. The number of carbonyl (C=O) groups is 1. The summed E-state index contributed by atoms with van der Waals surface area (Å²) in [5.41, 5.74) is 7.10. The summed E-state index contributed by atoms with van der Waals surface area (Å²) < 4.78 is 1.98. The molecule has 1 aromatic heterocycles. The Balaban J connectivity index is 1.68. The first-order valence-corrected chi connectivity index (χ1v) is 12.3. The average Bonchev–Trinajstić information content (AvgIpc) is 3.28. The highest BCUT2D eigenvalue weighted by molar-refractivity contribution is 6.01. The molecule has 0 spiro atoms. The van der Waals surface area contributed by atoms with Crippen molar-refractivity contribution in [3.63, 3.8) is 0 Å². The number of hydrogen-bond donors (Lipinski definition) is 0. The van der Waals surface area contributed by atoms with Gasteiger partial charge in [0.05, 0.1) is 23.0 Å². The monoisotopic (exact) mass is 449 g/mol. The van der Waals surface area contributed by atoms with Crippen molar-refractivity contribution >= 4 is 5.91 Å². The molecular formula is C30H31N3O. The zero-order valence-electron chi connectivity index (χ0n) is 19.9. The summed E-state index contributed by atoms with van der Waals surface area (Å²) in [6, 6.07) is 28.9. The molecule has 1 aliphatic rings. The van der Waals surface area contributed by atoms with Crippen molar-refractivity contribution in [3.05, 3.63) is 107 Å². The molecule has 4 heteroatoms. The third kappa shape index (κ3) is 3.94. The van der Waals surface area contributed by atoms with Crippen LogP contribution in [0.25, 0.3) is 16.9 Å². The van der Waals surface area contributed by atoms with Crippen LogP contribution in [0, 0.1) is 0 Å². The molecule has 4 aromatic rings. The molecule has 1 aliphatic heterocycles. The van der Waals surface area contributed by atoms with Gasteiger partial charge >= 0.3 is 0 Å². The Labute approximate surface area is 201 Å². The first-order valence-electron chi connectivity index (χ1n) is 12.3. The maximum Gasteiger partial charge on any atom is 0.258 e. The number of hydrogen-bond acceptors (Lipinski definition) is 2. The van der Waals surface area contributed by atoms with Crippen LogP contribution in [0.2, 0.25) is 0 Å². The van der Waals surface area contributed by atoms with Crippen LogP contribution in [0.1, 0.15) is 59.9 Å². The smallest absolute Gasteiger partial charge is 0.258 e. The minimum atomic E-state index is 0.0793. The highest BCUT2D eigenvalue weighted by Crippen LogP contribution is 2.36. The van der Waals surface area contributed by atoms with Gasteiger partial charge in [-0.05, 0) is 42.5 Å². The van der Waals surface area contributed by atoms with Gasteiger partial charge in [0.1, 0.15) is 5.69 Å². The number of nitrogens with zero attached hydrogens (tertiary/aromatic N) is 3. The standard InChI is InChI=1S/C30H31N3O/c1-3-13-27-28(30(34)32-21-20-22-14-11-12-19-25(22)26(32)4-2)29(23-15-7-5-8-16-23)31-33(27)24-17-9-6-10-18-24/h5-12,14-19,26H,3-4,13,20-21H2,1-2H3. The van der Waals surface area contributed by atoms with E-state index in [4.69, 9.17) is 5.10 Å². The Hall–Kier alpha value is -3.66. The van der Waals surface area contributed by atoms with E-state index < -0.39 is 0 Å². The number of amides is 1. The van der Waals surface area contributed by atoms with Gasteiger partial charge in [-0.1, -0.05) is 93.1 Å². The summed E-state index contributed by atoms with van der Waals surface area (Å²) in [5.74, 6) is 0.0887. The summed E-state index contributed by atoms with van der Waals surface area (Å²) in [6.45, 7) is 5.06. The molecule has 1 unspecified atom stereocenters. The topological polar surface area (TPSA) is 38.1 Å². The molecule has 4 nitrogen and oxygen atoms in total. The van der Waals surface area contributed by atoms with Crippen molar-refractivity contribution in [2.75, 3.05) is 6.54 Å². The van der Waals surface area contributed by atoms with Crippen LogP contribution in [0.3, 0.4) is 0 Å². The van der Waals surface area contributed by atoms with Crippen LogP contribution in [0.4, 0.5) is 0 Å². The lowest BCUT2D eigenvalue weighted by Crippen LogP contribution is -2.40. The number of carbonyl (C=O) groups excluding carboxylic acids is 1. The molecule has 1 amide bonds. The maximum absolute atomic E-state index is 14.4. The second kappa shape index (κ2) is 9.68. The summed E-state index contributed by atoms with van der Waals surface area (Å²) in [6.07, 6.45) is 3.50. The van der Waals surface area contributed by atoms with E-state index in [1.54, 1.807) is 0 Å². The normalized spacial score (nSPS) is 15.2. The fourth-order valence-electron chi connectivity index (χ4n) is 5.20. The fourth-order valence-corrected chi connectivity index (χ4v) is 5.20. The molecule has 1 atom stereocenters. The molecule has 3 aromatic carbocycles. The minimum absolute atomic E-state index is 0.0793. The molecule has 0 saturated carbocycles. The van der Waals surface area contributed by atoms with Crippen molar-refractivity contribution in [1.29, 1.82) is 0 Å². The van der Waals surface area contributed by atoms with Gasteiger partial charge in [-0.15, -0.1) is 0 Å². The van der Waals surface area contributed by atoms with Crippen LogP contribution >= 0.6 is 0 Å². The van der Waals surface area contributed by atoms with Crippen molar-refractivity contribution in [1.82, 2.24) is 14.7 Å². The minimum Gasteiger partial charge on any atom is -0.331 e. The molecular weight excluding hydrogens is 418 g/mol. The highest BCUT2D eigenvalue weighted by atomic mass is 16.2. The summed E-state index contributed by atoms with van der Waals surface area (Å²) in [5, 5.41) is 5.05. The van der Waals surface area contributed by atoms with Gasteiger partial charge in [-0.25, -0.2) is 4.68 Å². The Morgan fingerprint density at radius 2 is 1.59 bits per heavy atom. The Morgan fingerprint density at radius 1 is 0.912 bits per heavy atom. The predicted molar refractivity (Wildman–Crippen MR) is 137 cm³/mol. The third-order valence-corrected chi connectivity index (χ3v) is 6.79. The highest BCUT2D eigenvalue weighted by Gasteiger charge is 2.34. The van der Waals surface area contributed by atoms with Crippen molar-refractivity contribution in [2.45, 2.75) is 45.6 Å². The quantitative estimate of drug-likeness (QED) is 0.331. The largest absolute Gasteiger partial charge is 0.331 e. The molecule has 0 saturated heterocycles. The van der Waals surface area contributed by atoms with E-state index in [-0.39, 0.29) is 11.9 Å². The van der Waals surface area contributed by atoms with E-state index in [0.29, 0.717) is 0 Å². The molecule has 0 aliphatic carbocycles. The average molecular weight is 450 g/mol. The number of rotatable bonds is 6. The van der Waals surface area contributed by atoms with Crippen LogP contribution in [-0.4, -0.2) is 27.1 Å². The molecule has 34 heavy (non-hydrogen) atoms. The van der Waals surface area contributed by atoms with Gasteiger partial charge in [-0.2, -0.15) is 5.10 Å². The van der Waals surface area contributed by atoms with Gasteiger partial charge in [0.15, 0.2) is 0 Å². The first kappa shape index (κ1) is 22.1. The van der Waals surface area contributed by atoms with E-state index >= 15 is 0 Å². The second-order valence-corrected chi connectivity index (χ2v) is 8.91. The summed E-state index contributed by atoms with van der Waals surface area (Å²) in [7, 11) is 0. The van der Waals surface area contributed by atoms with Crippen LogP contribution in [0.15, 0.2) is 84.9 Å². The lowest BCUT2D eigenvalue weighted by Gasteiger charge is -2.37. The van der Waals surface area contributed by atoms with E-state index in [9.17, 15) is 4.79 Å². The molecule has 5 rings (SSSR count). The maximum atomic E-state index is 14.4. The summed E-state index contributed by atoms with van der Waals surface area (Å²) in [4.78, 5) is 16.5. The van der Waals surface area contributed by atoms with E-state index in [1.165, 1.54) is 11.1 Å². The number of para-hydroxylation sites is 1. The number of fused-ring (bicyclic) bond motifs is 1. The first-order chi connectivity index (χ1) is 16.7. The molecule has 0 fully saturated rings. The number of benzene rings is 3. The molecule has 0 bridgehead atoms. The zero-order valence-corrected chi connectivity index (χ0v) is 19.9. The Kier molecular flexibility index (Phi) is 6.31. The van der Waals surface area contributed by atoms with Gasteiger partial charge in [0, 0.05) is 12.1 Å². The van der Waals surface area contributed by atoms with Crippen molar-refractivity contribution in [2.24, 2.45) is 0 Å². The van der Waals surface area contributed by atoms with Crippen LogP contribution in [0.5, 0.6) is 0 Å². The predicted octanol–water partition coefficient (Wildman–Crippen LogP) is 6.64. The van der Waals surface area contributed by atoms with Gasteiger partial charge in [0.25, 0.3) is 5.91 Å². The molecule has 0 N–H and O–H groups in total. The fraction of sp³-hybridized carbons (Fsp3) is 0.267. The Morgan fingerprint density at radius 3 is 2.29 bits per heavy atom. The zero-order chi connectivity index (χ0) is 23.5. The van der Waals surface area contributed by atoms with Crippen LogP contribution < -0.4 is 0 Å². The van der Waals surface area contributed by atoms with Gasteiger partial charge in [0.2, 0.25) is 0 Å². The van der Waals surface area contributed by atoms with E-state index in [2.05, 4.69) is 55.1 Å². The Bertz CT molecular complexity index is 1280. The lowest BCUT2D eigenvalue weighted by molar-refractivity contribution is 0.0655. The van der Waals surface area contributed by atoms with Crippen molar-refractivity contribution in [3.8, 4) is 16.9 Å².